The van der Waals surface area contributed by atoms with Gasteiger partial charge in [0.05, 0.1) is 0 Å². The smallest absolute Gasteiger partial charge is 0.126 e. The number of pyridine rings is 1. The predicted molar refractivity (Wildman–Crippen MR) is 67.4 cm³/mol. The number of aromatic nitrogens is 1. The maximum Gasteiger partial charge on any atom is 0.126 e. The van der Waals surface area contributed by atoms with Crippen LogP contribution in [-0.2, 0) is 6.54 Å². The third-order valence-corrected chi connectivity index (χ3v) is 2.93. The first kappa shape index (κ1) is 11.0. The molecule has 0 aliphatic rings. The fraction of sp³-hybridized carbons (Fsp3) is 0.0833. The van der Waals surface area contributed by atoms with Crippen LogP contribution in [0.2, 0.25) is 0 Å². The number of hydrogen-bond donors (Lipinski definition) is 2. The van der Waals surface area contributed by atoms with Crippen LogP contribution in [0.1, 0.15) is 5.56 Å². The van der Waals surface area contributed by atoms with E-state index in [0.29, 0.717) is 6.54 Å². The van der Waals surface area contributed by atoms with Crippen molar-refractivity contribution >= 4 is 21.7 Å². The van der Waals surface area contributed by atoms with Crippen molar-refractivity contribution in [3.63, 3.8) is 0 Å². The van der Waals surface area contributed by atoms with Gasteiger partial charge >= 0.3 is 0 Å². The first-order chi connectivity index (χ1) is 7.75. The van der Waals surface area contributed by atoms with Crippen molar-refractivity contribution in [2.75, 3.05) is 5.32 Å². The van der Waals surface area contributed by atoms with E-state index in [4.69, 9.17) is 0 Å². The Morgan fingerprint density at radius 2 is 2.12 bits per heavy atom. The van der Waals surface area contributed by atoms with E-state index < -0.39 is 0 Å². The Bertz CT molecular complexity index is 474. The molecule has 82 valence electrons. The number of aromatic hydroxyl groups is 1. The van der Waals surface area contributed by atoms with Crippen LogP contribution in [0.15, 0.2) is 47.1 Å². The minimum atomic E-state index is 0.265. The first-order valence-corrected chi connectivity index (χ1v) is 5.67. The number of hydrogen-bond acceptors (Lipinski definition) is 3. The lowest BCUT2D eigenvalue weighted by molar-refractivity contribution is 0.474. The summed E-state index contributed by atoms with van der Waals surface area (Å²) >= 11 is 3.43. The van der Waals surface area contributed by atoms with Gasteiger partial charge in [0.2, 0.25) is 0 Å². The third-order valence-electron chi connectivity index (χ3n) is 2.15. The average Bonchev–Trinajstić information content (AvgIpc) is 2.32. The van der Waals surface area contributed by atoms with Crippen molar-refractivity contribution in [1.82, 2.24) is 4.98 Å². The Balaban J connectivity index is 2.08. The van der Waals surface area contributed by atoms with Crippen molar-refractivity contribution < 1.29 is 5.11 Å². The van der Waals surface area contributed by atoms with Gasteiger partial charge in [-0.3, -0.25) is 0 Å². The van der Waals surface area contributed by atoms with Gasteiger partial charge in [-0.1, -0.05) is 22.0 Å². The van der Waals surface area contributed by atoms with Crippen LogP contribution in [0.4, 0.5) is 5.82 Å². The van der Waals surface area contributed by atoms with Gasteiger partial charge in [0.15, 0.2) is 0 Å². The van der Waals surface area contributed by atoms with Crippen LogP contribution in [0.25, 0.3) is 0 Å². The molecule has 1 aromatic heterocycles. The zero-order valence-electron chi connectivity index (χ0n) is 8.52. The molecule has 0 saturated heterocycles. The lowest BCUT2D eigenvalue weighted by Gasteiger charge is -2.07. The van der Waals surface area contributed by atoms with Gasteiger partial charge in [0.25, 0.3) is 0 Å². The minimum absolute atomic E-state index is 0.265. The molecule has 0 radical (unpaired) electrons. The molecule has 0 amide bonds. The van der Waals surface area contributed by atoms with Gasteiger partial charge in [-0.15, -0.1) is 0 Å². The molecule has 0 unspecified atom stereocenters. The van der Waals surface area contributed by atoms with Gasteiger partial charge in [-0.25, -0.2) is 4.98 Å². The first-order valence-electron chi connectivity index (χ1n) is 4.88. The summed E-state index contributed by atoms with van der Waals surface area (Å²) in [7, 11) is 0. The lowest BCUT2D eigenvalue weighted by atomic mass is 10.2. The number of rotatable bonds is 3. The van der Waals surface area contributed by atoms with Gasteiger partial charge in [0, 0.05) is 17.2 Å². The molecule has 0 spiro atoms. The quantitative estimate of drug-likeness (QED) is 0.907. The van der Waals surface area contributed by atoms with Gasteiger partial charge in [-0.2, -0.15) is 0 Å². The van der Waals surface area contributed by atoms with Gasteiger partial charge in [0.1, 0.15) is 11.6 Å². The zero-order chi connectivity index (χ0) is 11.4. The second-order valence-electron chi connectivity index (χ2n) is 3.34. The van der Waals surface area contributed by atoms with Gasteiger partial charge < -0.3 is 10.4 Å². The molecule has 1 aromatic carbocycles. The molecule has 16 heavy (non-hydrogen) atoms. The molecule has 0 atom stereocenters. The number of nitrogens with zero attached hydrogens (tertiary/aromatic N) is 1. The number of benzene rings is 1. The van der Waals surface area contributed by atoms with Crippen LogP contribution in [-0.4, -0.2) is 10.1 Å². The molecule has 4 heteroatoms. The molecule has 0 saturated carbocycles. The van der Waals surface area contributed by atoms with Crippen molar-refractivity contribution in [1.29, 1.82) is 0 Å². The highest BCUT2D eigenvalue weighted by molar-refractivity contribution is 9.10. The van der Waals surface area contributed by atoms with E-state index in [-0.39, 0.29) is 5.75 Å². The van der Waals surface area contributed by atoms with Crippen molar-refractivity contribution in [3.05, 3.63) is 52.6 Å². The number of nitrogens with one attached hydrogen (secondary N) is 1. The topological polar surface area (TPSA) is 45.1 Å². The SMILES string of the molecule is Oc1ccc(Br)c(CNc2ccccn2)c1. The van der Waals surface area contributed by atoms with E-state index >= 15 is 0 Å². The highest BCUT2D eigenvalue weighted by Crippen LogP contribution is 2.22. The van der Waals surface area contributed by atoms with E-state index in [1.807, 2.05) is 24.3 Å². The summed E-state index contributed by atoms with van der Waals surface area (Å²) in [6, 6.07) is 10.9. The second-order valence-corrected chi connectivity index (χ2v) is 4.20. The summed E-state index contributed by atoms with van der Waals surface area (Å²) in [6.07, 6.45) is 1.74. The summed E-state index contributed by atoms with van der Waals surface area (Å²) in [5, 5.41) is 12.5. The molecular weight excluding hydrogens is 268 g/mol. The third kappa shape index (κ3) is 2.73. The number of anilines is 1. The molecule has 0 bridgehead atoms. The molecule has 0 aliphatic carbocycles. The molecule has 0 fully saturated rings. The summed E-state index contributed by atoms with van der Waals surface area (Å²) < 4.78 is 0.966. The predicted octanol–water partition coefficient (Wildman–Crippen LogP) is 3.16. The summed E-state index contributed by atoms with van der Waals surface area (Å²) in [5.41, 5.74) is 0.991. The largest absolute Gasteiger partial charge is 0.508 e. The normalized spacial score (nSPS) is 10.1. The van der Waals surface area contributed by atoms with E-state index in [1.165, 1.54) is 0 Å². The van der Waals surface area contributed by atoms with Crippen LogP contribution >= 0.6 is 15.9 Å². The molecule has 0 aliphatic heterocycles. The van der Waals surface area contributed by atoms with Gasteiger partial charge in [-0.05, 0) is 35.9 Å². The molecule has 2 rings (SSSR count). The summed E-state index contributed by atoms with van der Waals surface area (Å²) in [4.78, 5) is 4.16. The lowest BCUT2D eigenvalue weighted by Crippen LogP contribution is -2.01. The number of phenolic OH excluding ortho intramolecular Hbond substituents is 1. The van der Waals surface area contributed by atoms with Crippen molar-refractivity contribution in [2.24, 2.45) is 0 Å². The Morgan fingerprint density at radius 1 is 1.25 bits per heavy atom. The highest BCUT2D eigenvalue weighted by atomic mass is 79.9. The Morgan fingerprint density at radius 3 is 2.88 bits per heavy atom. The Hall–Kier alpha value is -1.55. The highest BCUT2D eigenvalue weighted by Gasteiger charge is 2.01. The van der Waals surface area contributed by atoms with E-state index in [1.54, 1.807) is 18.3 Å². The van der Waals surface area contributed by atoms with Crippen LogP contribution in [0, 0.1) is 0 Å². The second kappa shape index (κ2) is 4.99. The van der Waals surface area contributed by atoms with Crippen LogP contribution in [0.5, 0.6) is 5.75 Å². The molecule has 2 aromatic rings. The number of phenols is 1. The monoisotopic (exact) mass is 278 g/mol. The fourth-order valence-corrected chi connectivity index (χ4v) is 1.74. The van der Waals surface area contributed by atoms with Crippen LogP contribution < -0.4 is 5.32 Å². The van der Waals surface area contributed by atoms with Crippen molar-refractivity contribution in [2.45, 2.75) is 6.54 Å². The summed E-state index contributed by atoms with van der Waals surface area (Å²) in [6.45, 7) is 0.617. The Kier molecular flexibility index (Phi) is 3.41. The minimum Gasteiger partial charge on any atom is -0.508 e. The Labute approximate surface area is 102 Å². The molecule has 1 heterocycles. The summed E-state index contributed by atoms with van der Waals surface area (Å²) in [5.74, 6) is 1.08. The van der Waals surface area contributed by atoms with Crippen LogP contribution in [0.3, 0.4) is 0 Å². The standard InChI is InChI=1S/C12H11BrN2O/c13-11-5-4-10(16)7-9(11)8-15-12-3-1-2-6-14-12/h1-7,16H,8H2,(H,14,15). The molecular formula is C12H11BrN2O. The van der Waals surface area contributed by atoms with E-state index in [0.717, 1.165) is 15.9 Å². The number of halogens is 1. The van der Waals surface area contributed by atoms with E-state index in [9.17, 15) is 5.11 Å². The maximum absolute atomic E-state index is 9.37. The zero-order valence-corrected chi connectivity index (χ0v) is 10.1. The van der Waals surface area contributed by atoms with Crippen molar-refractivity contribution in [3.8, 4) is 5.75 Å². The molecule has 2 N–H and O–H groups in total. The van der Waals surface area contributed by atoms with E-state index in [2.05, 4.69) is 26.2 Å². The fourth-order valence-electron chi connectivity index (χ4n) is 1.35. The molecule has 3 nitrogen and oxygen atoms in total. The maximum atomic E-state index is 9.37. The average molecular weight is 279 g/mol.